The SMILES string of the molecule is CCc1nsc(N2CCN(C(=NC)NCC3(c4cccc(F)c4)CC3)CC2)n1. The summed E-state index contributed by atoms with van der Waals surface area (Å²) in [5, 5.41) is 4.55. The Bertz CT molecular complexity index is 839. The lowest BCUT2D eigenvalue weighted by molar-refractivity contribution is 0.370. The predicted molar refractivity (Wildman–Crippen MR) is 112 cm³/mol. The first kappa shape index (κ1) is 19.1. The van der Waals surface area contributed by atoms with Gasteiger partial charge in [-0.2, -0.15) is 4.37 Å². The van der Waals surface area contributed by atoms with Crippen LogP contribution in [0.25, 0.3) is 0 Å². The second-order valence-corrected chi connectivity index (χ2v) is 8.24. The summed E-state index contributed by atoms with van der Waals surface area (Å²) in [7, 11) is 1.83. The highest BCUT2D eigenvalue weighted by Crippen LogP contribution is 2.47. The quantitative estimate of drug-likeness (QED) is 0.616. The van der Waals surface area contributed by atoms with Crippen molar-refractivity contribution in [3.05, 3.63) is 41.5 Å². The fourth-order valence-corrected chi connectivity index (χ4v) is 4.54. The zero-order valence-electron chi connectivity index (χ0n) is 16.5. The van der Waals surface area contributed by atoms with Gasteiger partial charge >= 0.3 is 0 Å². The minimum absolute atomic E-state index is 0.0446. The molecule has 1 aromatic heterocycles. The average molecular weight is 403 g/mol. The van der Waals surface area contributed by atoms with Crippen molar-refractivity contribution in [3.63, 3.8) is 0 Å². The summed E-state index contributed by atoms with van der Waals surface area (Å²) in [5.41, 5.74) is 1.13. The summed E-state index contributed by atoms with van der Waals surface area (Å²) in [4.78, 5) is 13.7. The highest BCUT2D eigenvalue weighted by Gasteiger charge is 2.44. The van der Waals surface area contributed by atoms with Gasteiger partial charge < -0.3 is 15.1 Å². The number of halogens is 1. The van der Waals surface area contributed by atoms with E-state index in [0.717, 1.165) is 74.5 Å². The van der Waals surface area contributed by atoms with Crippen molar-refractivity contribution in [1.29, 1.82) is 0 Å². The number of aliphatic imine (C=N–C) groups is 1. The molecule has 1 aromatic carbocycles. The van der Waals surface area contributed by atoms with Crippen molar-refractivity contribution < 1.29 is 4.39 Å². The standard InChI is InChI=1S/C20H27FN6S/c1-3-17-24-19(28-25-17)27-11-9-26(10-12-27)18(22-2)23-14-20(7-8-20)15-5-4-6-16(21)13-15/h4-6,13H,3,7-12,14H2,1-2H3,(H,22,23). The average Bonchev–Trinajstić information content (AvgIpc) is 3.36. The van der Waals surface area contributed by atoms with E-state index < -0.39 is 0 Å². The van der Waals surface area contributed by atoms with E-state index in [9.17, 15) is 4.39 Å². The molecule has 6 nitrogen and oxygen atoms in total. The van der Waals surface area contributed by atoms with Gasteiger partial charge in [0.1, 0.15) is 11.6 Å². The number of anilines is 1. The summed E-state index contributed by atoms with van der Waals surface area (Å²) in [6.07, 6.45) is 3.05. The molecule has 1 aliphatic carbocycles. The zero-order valence-corrected chi connectivity index (χ0v) is 17.3. The Hall–Kier alpha value is -2.22. The molecular weight excluding hydrogens is 375 g/mol. The Morgan fingerprint density at radius 2 is 2.07 bits per heavy atom. The van der Waals surface area contributed by atoms with Gasteiger partial charge in [-0.25, -0.2) is 9.37 Å². The molecule has 2 aromatic rings. The molecule has 0 amide bonds. The molecule has 0 radical (unpaired) electrons. The number of rotatable bonds is 5. The molecule has 0 unspecified atom stereocenters. The van der Waals surface area contributed by atoms with Crippen LogP contribution in [0, 0.1) is 5.82 Å². The third-order valence-corrected chi connectivity index (χ3v) is 6.53. The smallest absolute Gasteiger partial charge is 0.205 e. The molecule has 0 atom stereocenters. The summed E-state index contributed by atoms with van der Waals surface area (Å²) in [5.74, 6) is 1.69. The van der Waals surface area contributed by atoms with Crippen LogP contribution in [0.15, 0.2) is 29.3 Å². The molecule has 1 saturated heterocycles. The van der Waals surface area contributed by atoms with Crippen molar-refractivity contribution >= 4 is 22.6 Å². The van der Waals surface area contributed by atoms with Crippen LogP contribution in [-0.2, 0) is 11.8 Å². The van der Waals surface area contributed by atoms with E-state index in [-0.39, 0.29) is 11.2 Å². The third-order valence-electron chi connectivity index (χ3n) is 5.71. The first-order valence-corrected chi connectivity index (χ1v) is 10.7. The van der Waals surface area contributed by atoms with Gasteiger partial charge in [-0.1, -0.05) is 19.1 Å². The summed E-state index contributed by atoms with van der Waals surface area (Å²) in [6, 6.07) is 7.01. The molecule has 8 heteroatoms. The van der Waals surface area contributed by atoms with Crippen molar-refractivity contribution in [3.8, 4) is 0 Å². The second-order valence-electron chi connectivity index (χ2n) is 7.51. The van der Waals surface area contributed by atoms with E-state index in [2.05, 4.69) is 36.4 Å². The number of aromatic nitrogens is 2. The number of benzene rings is 1. The fraction of sp³-hybridized carbons (Fsp3) is 0.550. The van der Waals surface area contributed by atoms with Crippen LogP contribution < -0.4 is 10.2 Å². The highest BCUT2D eigenvalue weighted by atomic mass is 32.1. The number of aryl methyl sites for hydroxylation is 1. The van der Waals surface area contributed by atoms with Gasteiger partial charge in [-0.3, -0.25) is 4.99 Å². The van der Waals surface area contributed by atoms with Crippen LogP contribution in [0.2, 0.25) is 0 Å². The van der Waals surface area contributed by atoms with Crippen LogP contribution in [-0.4, -0.2) is 60.0 Å². The minimum Gasteiger partial charge on any atom is -0.355 e. The van der Waals surface area contributed by atoms with Crippen molar-refractivity contribution in [2.24, 2.45) is 4.99 Å². The first-order valence-electron chi connectivity index (χ1n) is 9.93. The highest BCUT2D eigenvalue weighted by molar-refractivity contribution is 7.09. The Labute approximate surface area is 169 Å². The van der Waals surface area contributed by atoms with Gasteiger partial charge in [0.2, 0.25) is 5.13 Å². The molecule has 150 valence electrons. The van der Waals surface area contributed by atoms with E-state index in [1.807, 2.05) is 13.1 Å². The molecule has 1 aliphatic heterocycles. The van der Waals surface area contributed by atoms with Crippen LogP contribution in [0.3, 0.4) is 0 Å². The van der Waals surface area contributed by atoms with E-state index in [1.54, 1.807) is 12.1 Å². The van der Waals surface area contributed by atoms with E-state index in [4.69, 9.17) is 0 Å². The fourth-order valence-electron chi connectivity index (χ4n) is 3.74. The summed E-state index contributed by atoms with van der Waals surface area (Å²) in [6.45, 7) is 6.49. The normalized spacial score (nSPS) is 19.0. The largest absolute Gasteiger partial charge is 0.355 e. The van der Waals surface area contributed by atoms with E-state index in [0.29, 0.717) is 0 Å². The number of hydrogen-bond acceptors (Lipinski definition) is 5. The van der Waals surface area contributed by atoms with Crippen LogP contribution in [0.5, 0.6) is 0 Å². The topological polar surface area (TPSA) is 56.7 Å². The third kappa shape index (κ3) is 3.97. The summed E-state index contributed by atoms with van der Waals surface area (Å²) >= 11 is 1.49. The maximum absolute atomic E-state index is 13.6. The zero-order chi connectivity index (χ0) is 19.6. The monoisotopic (exact) mass is 402 g/mol. The molecule has 0 bridgehead atoms. The van der Waals surface area contributed by atoms with Crippen LogP contribution in [0.1, 0.15) is 31.2 Å². The van der Waals surface area contributed by atoms with E-state index in [1.165, 1.54) is 17.6 Å². The Morgan fingerprint density at radius 3 is 2.68 bits per heavy atom. The molecule has 2 heterocycles. The molecule has 0 spiro atoms. The predicted octanol–water partition coefficient (Wildman–Crippen LogP) is 2.67. The van der Waals surface area contributed by atoms with Gasteiger partial charge in [0.05, 0.1) is 0 Å². The number of nitrogens with zero attached hydrogens (tertiary/aromatic N) is 5. The lowest BCUT2D eigenvalue weighted by Crippen LogP contribution is -2.53. The van der Waals surface area contributed by atoms with Crippen molar-refractivity contribution in [2.45, 2.75) is 31.6 Å². The molecular formula is C20H27FN6S. The summed E-state index contributed by atoms with van der Waals surface area (Å²) < 4.78 is 18.0. The lowest BCUT2D eigenvalue weighted by Gasteiger charge is -2.36. The maximum Gasteiger partial charge on any atom is 0.205 e. The van der Waals surface area contributed by atoms with Crippen molar-refractivity contribution in [2.75, 3.05) is 44.7 Å². The van der Waals surface area contributed by atoms with Gasteiger partial charge in [0, 0.05) is 63.1 Å². The second kappa shape index (κ2) is 8.03. The van der Waals surface area contributed by atoms with Gasteiger partial charge in [0.25, 0.3) is 0 Å². The molecule has 4 rings (SSSR count). The number of hydrogen-bond donors (Lipinski definition) is 1. The molecule has 2 aliphatic rings. The lowest BCUT2D eigenvalue weighted by atomic mass is 9.96. The van der Waals surface area contributed by atoms with Gasteiger partial charge in [0.15, 0.2) is 5.96 Å². The van der Waals surface area contributed by atoms with Crippen molar-refractivity contribution in [1.82, 2.24) is 19.6 Å². The Kier molecular flexibility index (Phi) is 5.48. The Morgan fingerprint density at radius 1 is 1.29 bits per heavy atom. The van der Waals surface area contributed by atoms with Gasteiger partial charge in [-0.15, -0.1) is 0 Å². The van der Waals surface area contributed by atoms with Crippen LogP contribution in [0.4, 0.5) is 9.52 Å². The first-order chi connectivity index (χ1) is 13.6. The Balaban J connectivity index is 1.33. The van der Waals surface area contributed by atoms with Crippen LogP contribution >= 0.6 is 11.5 Å². The number of piperazine rings is 1. The van der Waals surface area contributed by atoms with Gasteiger partial charge in [-0.05, 0) is 30.5 Å². The molecule has 1 saturated carbocycles. The maximum atomic E-state index is 13.6. The minimum atomic E-state index is -0.160. The molecule has 28 heavy (non-hydrogen) atoms. The number of nitrogens with one attached hydrogen (secondary N) is 1. The molecule has 2 fully saturated rings. The molecule has 1 N–H and O–H groups in total. The number of guanidine groups is 1. The van der Waals surface area contributed by atoms with E-state index >= 15 is 0 Å².